The number of halogens is 1. The zero-order chi connectivity index (χ0) is 44.2. The second-order valence-corrected chi connectivity index (χ2v) is 17.8. The number of esters is 1. The van der Waals surface area contributed by atoms with Crippen LogP contribution in [0.25, 0.3) is 22.3 Å². The first kappa shape index (κ1) is 42.5. The van der Waals surface area contributed by atoms with Crippen molar-refractivity contribution in [2.45, 2.75) is 103 Å². The van der Waals surface area contributed by atoms with Gasteiger partial charge in [-0.05, 0) is 86.3 Å². The summed E-state index contributed by atoms with van der Waals surface area (Å²) in [4.78, 5) is 76.0. The van der Waals surface area contributed by atoms with Gasteiger partial charge in [-0.1, -0.05) is 26.2 Å². The molecule has 0 spiro atoms. The van der Waals surface area contributed by atoms with Crippen molar-refractivity contribution in [1.29, 1.82) is 0 Å². The maximum Gasteiger partial charge on any atom is 0.343 e. The topological polar surface area (TPSA) is 206 Å². The molecule has 5 aliphatic rings. The summed E-state index contributed by atoms with van der Waals surface area (Å²) in [6.45, 7) is 7.54. The Morgan fingerprint density at radius 3 is 2.48 bits per heavy atom. The largest absolute Gasteiger partial charge is 0.458 e. The van der Waals surface area contributed by atoms with Crippen molar-refractivity contribution >= 4 is 40.4 Å². The van der Waals surface area contributed by atoms with Crippen LogP contribution in [0.5, 0.6) is 0 Å². The lowest BCUT2D eigenvalue weighted by atomic mass is 9.81. The summed E-state index contributed by atoms with van der Waals surface area (Å²) in [6, 6.07) is 6.03. The lowest BCUT2D eigenvalue weighted by Gasteiger charge is -2.35. The number of carbonyl (C=O) groups excluding carboxylic acids is 4. The predicted molar refractivity (Wildman–Crippen MR) is 230 cm³/mol. The summed E-state index contributed by atoms with van der Waals surface area (Å²) < 4.78 is 22.2. The summed E-state index contributed by atoms with van der Waals surface area (Å²) in [7, 11) is 0. The number of benzene rings is 1. The molecule has 17 heteroatoms. The van der Waals surface area contributed by atoms with Gasteiger partial charge >= 0.3 is 5.97 Å². The van der Waals surface area contributed by atoms with E-state index in [1.54, 1.807) is 36.6 Å². The number of aromatic nitrogens is 4. The molecule has 2 saturated heterocycles. The van der Waals surface area contributed by atoms with Crippen molar-refractivity contribution in [3.8, 4) is 11.4 Å². The molecular formula is C46H54FN9O7. The molecule has 0 bridgehead atoms. The number of pyridine rings is 2. The molecule has 4 aromatic rings. The molecule has 63 heavy (non-hydrogen) atoms. The molecule has 3 amide bonds. The number of unbranched alkanes of at least 4 members (excludes halogenated alkanes) is 2. The molecule has 2 atom stereocenters. The Morgan fingerprint density at radius 2 is 1.76 bits per heavy atom. The van der Waals surface area contributed by atoms with E-state index in [2.05, 4.69) is 25.3 Å². The lowest BCUT2D eigenvalue weighted by Crippen LogP contribution is -2.51. The van der Waals surface area contributed by atoms with E-state index in [0.29, 0.717) is 73.8 Å². The highest BCUT2D eigenvalue weighted by Gasteiger charge is 2.46. The Morgan fingerprint density at radius 1 is 0.984 bits per heavy atom. The van der Waals surface area contributed by atoms with Gasteiger partial charge < -0.3 is 35.3 Å². The fourth-order valence-corrected chi connectivity index (χ4v) is 10.4. The molecule has 16 nitrogen and oxygen atoms in total. The number of hydrogen-bond donors (Lipinski definition) is 3. The SMILES string of the molecule is CC[C@@]1(O)C(=O)OCc2c1cc1n(c2=O)Cc2c-1nc1cc(F)c(C)c3c1c2[C@@H](NC(=O)CN1CCN(C(=O)CCCCCC2CCN(c4ccc(C(N)=O)nn4)CC2)CC1)CC3. The highest BCUT2D eigenvalue weighted by atomic mass is 19.1. The number of fused-ring (bicyclic) bond motifs is 5. The van der Waals surface area contributed by atoms with Gasteiger partial charge in [0, 0.05) is 68.3 Å². The number of aliphatic hydroxyl groups is 1. The fourth-order valence-electron chi connectivity index (χ4n) is 10.4. The Hall–Kier alpha value is -5.81. The summed E-state index contributed by atoms with van der Waals surface area (Å²) in [6.07, 6.45) is 7.79. The van der Waals surface area contributed by atoms with Gasteiger partial charge in [0.25, 0.3) is 11.5 Å². The molecule has 1 aromatic carbocycles. The number of nitrogens with zero attached hydrogens (tertiary/aromatic N) is 7. The average Bonchev–Trinajstić information content (AvgIpc) is 3.66. The standard InChI is InChI=1S/C46H54FN9O7/c1-3-46(62)31-21-36-42-29(23-56(36)44(60)30(31)25-63-45(46)61)41-33(10-9-28-26(2)32(47)22-35(50-42)40(28)41)49-38(57)24-53-17-19-55(20-18-53)39(58)8-6-4-5-7-27-13-15-54(16-14-27)37-12-11-34(43(48)59)51-52-37/h11-12,21-22,27,33,62H,3-10,13-20,23-25H2,1-2H3,(H2,48,59)(H,49,57)/t33-,46-/m0/s1. The Labute approximate surface area is 364 Å². The molecule has 1 aliphatic carbocycles. The van der Waals surface area contributed by atoms with Crippen LogP contribution < -0.4 is 21.5 Å². The molecule has 7 heterocycles. The number of primary amides is 1. The third-order valence-corrected chi connectivity index (χ3v) is 14.1. The van der Waals surface area contributed by atoms with E-state index in [4.69, 9.17) is 15.5 Å². The number of piperidine rings is 1. The van der Waals surface area contributed by atoms with Crippen LogP contribution >= 0.6 is 0 Å². The predicted octanol–water partition coefficient (Wildman–Crippen LogP) is 3.53. The van der Waals surface area contributed by atoms with Crippen LogP contribution in [0.1, 0.15) is 115 Å². The van der Waals surface area contributed by atoms with E-state index < -0.39 is 23.5 Å². The summed E-state index contributed by atoms with van der Waals surface area (Å²) in [5.74, 6) is -0.388. The van der Waals surface area contributed by atoms with Crippen molar-refractivity contribution in [1.82, 2.24) is 34.9 Å². The van der Waals surface area contributed by atoms with E-state index >= 15 is 4.39 Å². The number of piperazine rings is 1. The van der Waals surface area contributed by atoms with Gasteiger partial charge in [-0.25, -0.2) is 14.2 Å². The number of hydrogen-bond acceptors (Lipinski definition) is 12. The first-order valence-electron chi connectivity index (χ1n) is 22.3. The van der Waals surface area contributed by atoms with E-state index in [0.717, 1.165) is 79.5 Å². The van der Waals surface area contributed by atoms with Gasteiger partial charge in [-0.3, -0.25) is 24.1 Å². The molecule has 3 aromatic heterocycles. The minimum atomic E-state index is -1.98. The van der Waals surface area contributed by atoms with Crippen molar-refractivity contribution < 1.29 is 33.4 Å². The molecule has 9 rings (SSSR count). The fraction of sp³-hybridized carbons (Fsp3) is 0.522. The number of ether oxygens (including phenoxy) is 1. The van der Waals surface area contributed by atoms with E-state index in [1.165, 1.54) is 6.07 Å². The quantitative estimate of drug-likeness (QED) is 0.122. The number of cyclic esters (lactones) is 1. The number of amides is 3. The van der Waals surface area contributed by atoms with Crippen molar-refractivity contribution in [2.75, 3.05) is 50.7 Å². The van der Waals surface area contributed by atoms with E-state index in [-0.39, 0.29) is 66.1 Å². The van der Waals surface area contributed by atoms with E-state index in [9.17, 15) is 29.1 Å². The molecule has 2 fully saturated rings. The van der Waals surface area contributed by atoms with E-state index in [1.807, 2.05) is 4.90 Å². The Kier molecular flexibility index (Phi) is 11.5. The lowest BCUT2D eigenvalue weighted by molar-refractivity contribution is -0.172. The van der Waals surface area contributed by atoms with Crippen molar-refractivity contribution in [2.24, 2.45) is 11.7 Å². The molecule has 4 aliphatic heterocycles. The Bertz CT molecular complexity index is 2570. The number of nitrogens with two attached hydrogens (primary N) is 1. The normalized spacial score (nSPS) is 20.9. The molecule has 4 N–H and O–H groups in total. The maximum atomic E-state index is 15.4. The number of carbonyl (C=O) groups is 4. The summed E-state index contributed by atoms with van der Waals surface area (Å²) in [5.41, 5.74) is 7.74. The van der Waals surface area contributed by atoms with Crippen molar-refractivity contribution in [3.05, 3.63) is 79.5 Å². The van der Waals surface area contributed by atoms with Gasteiger partial charge in [-0.15, -0.1) is 10.2 Å². The van der Waals surface area contributed by atoms with Gasteiger partial charge in [0.1, 0.15) is 12.4 Å². The van der Waals surface area contributed by atoms with Gasteiger partial charge in [-0.2, -0.15) is 0 Å². The zero-order valence-electron chi connectivity index (χ0n) is 35.9. The second-order valence-electron chi connectivity index (χ2n) is 17.8. The van der Waals surface area contributed by atoms with Crippen LogP contribution in [0.15, 0.2) is 29.1 Å². The van der Waals surface area contributed by atoms with Gasteiger partial charge in [0.2, 0.25) is 11.8 Å². The highest BCUT2D eigenvalue weighted by molar-refractivity contribution is 5.94. The number of nitrogens with one attached hydrogen (secondary N) is 1. The first-order chi connectivity index (χ1) is 30.3. The molecule has 332 valence electrons. The second kappa shape index (κ2) is 17.1. The van der Waals surface area contributed by atoms with Gasteiger partial charge in [0.05, 0.1) is 41.6 Å². The number of aryl methyl sites for hydroxylation is 1. The van der Waals surface area contributed by atoms with Crippen LogP contribution in [0.2, 0.25) is 0 Å². The molecule has 0 unspecified atom stereocenters. The molecule has 0 radical (unpaired) electrons. The van der Waals surface area contributed by atoms with Crippen LogP contribution in [-0.4, -0.2) is 104 Å². The van der Waals surface area contributed by atoms with Crippen LogP contribution in [0.4, 0.5) is 10.2 Å². The molecule has 0 saturated carbocycles. The summed E-state index contributed by atoms with van der Waals surface area (Å²) in [5, 5.41) is 23.5. The third-order valence-electron chi connectivity index (χ3n) is 14.1. The number of anilines is 1. The van der Waals surface area contributed by atoms with Crippen LogP contribution in [0.3, 0.4) is 0 Å². The summed E-state index contributed by atoms with van der Waals surface area (Å²) >= 11 is 0. The zero-order valence-corrected chi connectivity index (χ0v) is 35.9. The minimum absolute atomic E-state index is 0.0123. The smallest absolute Gasteiger partial charge is 0.343 e. The van der Waals surface area contributed by atoms with Gasteiger partial charge in [0.15, 0.2) is 17.1 Å². The monoisotopic (exact) mass is 863 g/mol. The number of rotatable bonds is 12. The average molecular weight is 864 g/mol. The minimum Gasteiger partial charge on any atom is -0.458 e. The maximum absolute atomic E-state index is 15.4. The van der Waals surface area contributed by atoms with Crippen molar-refractivity contribution in [3.63, 3.8) is 0 Å². The first-order valence-corrected chi connectivity index (χ1v) is 22.3. The third kappa shape index (κ3) is 7.83. The van der Waals surface area contributed by atoms with Crippen LogP contribution in [0, 0.1) is 18.7 Å². The highest BCUT2D eigenvalue weighted by Crippen LogP contribution is 2.46. The van der Waals surface area contributed by atoms with Crippen LogP contribution in [-0.2, 0) is 44.3 Å². The molecular weight excluding hydrogens is 810 g/mol. The Balaban J connectivity index is 0.785.